The predicted molar refractivity (Wildman–Crippen MR) is 38.2 cm³/mol. The fraction of sp³-hybridized carbons (Fsp3) is 0.750. The first-order valence-electron chi connectivity index (χ1n) is 2.59. The molecule has 0 aromatic rings. The molecule has 0 aliphatic heterocycles. The van der Waals surface area contributed by atoms with Crippen molar-refractivity contribution < 1.29 is 19.2 Å². The minimum atomic E-state index is -1.18. The van der Waals surface area contributed by atoms with Crippen LogP contribution in [0.4, 0.5) is 0 Å². The zero-order chi connectivity index (χ0) is 9.44. The first-order valence-corrected chi connectivity index (χ1v) is 3.33. The summed E-state index contributed by atoms with van der Waals surface area (Å²) in [6.45, 7) is 1.33. The van der Waals surface area contributed by atoms with Crippen LogP contribution in [0.1, 0.15) is 6.92 Å². The topological polar surface area (TPSA) is 124 Å². The number of hydrogen-bond donors (Lipinski definition) is 4. The van der Waals surface area contributed by atoms with Gasteiger partial charge in [0.1, 0.15) is 6.04 Å². The van der Waals surface area contributed by atoms with Gasteiger partial charge >= 0.3 is 5.97 Å². The second kappa shape index (κ2) is 7.32. The van der Waals surface area contributed by atoms with E-state index < -0.39 is 18.1 Å². The van der Waals surface area contributed by atoms with Gasteiger partial charge in [0, 0.05) is 0 Å². The van der Waals surface area contributed by atoms with Crippen LogP contribution in [0.25, 0.3) is 0 Å². The van der Waals surface area contributed by atoms with Crippen molar-refractivity contribution in [1.29, 1.82) is 4.78 Å². The van der Waals surface area contributed by atoms with Gasteiger partial charge in [-0.05, 0) is 6.92 Å². The molecule has 0 heterocycles. The highest BCUT2D eigenvalue weighted by Crippen LogP contribution is 1.85. The molecule has 6 nitrogen and oxygen atoms in total. The van der Waals surface area contributed by atoms with Crippen LogP contribution in [-0.2, 0) is 16.3 Å². The van der Waals surface area contributed by atoms with E-state index in [-0.39, 0.29) is 11.5 Å². The summed E-state index contributed by atoms with van der Waals surface area (Å²) in [5.41, 5.74) is 4.91. The Hall–Kier alpha value is -0.790. The molecule has 11 heavy (non-hydrogen) atoms. The molecule has 0 rings (SSSR count). The SMILES string of the molecule is C[C@@H](O)[C@H](N)C(=O)O.N=S=O. The standard InChI is InChI=1S/C4H9NO3.HNOS/c1-2(6)3(5)4(7)8;1-3-2/h2-3,6H,5H2,1H3,(H,7,8);1H/t2-,3+;/m1./s1. The molecule has 0 saturated carbocycles. The number of rotatable bonds is 2. The van der Waals surface area contributed by atoms with E-state index >= 15 is 0 Å². The number of carboxylic acid groups (broad SMARTS) is 1. The summed E-state index contributed by atoms with van der Waals surface area (Å²) in [5, 5.41) is 16.6. The summed E-state index contributed by atoms with van der Waals surface area (Å²) in [4.78, 5) is 9.86. The molecule has 0 aliphatic carbocycles. The molecule has 0 aromatic carbocycles. The van der Waals surface area contributed by atoms with Gasteiger partial charge in [-0.25, -0.2) is 4.78 Å². The molecule has 0 aromatic heterocycles. The predicted octanol–water partition coefficient (Wildman–Crippen LogP) is -1.26. The monoisotopic (exact) mass is 182 g/mol. The Balaban J connectivity index is 0. The largest absolute Gasteiger partial charge is 0.480 e. The number of nitrogens with one attached hydrogen (secondary N) is 1. The third-order valence-electron chi connectivity index (χ3n) is 0.805. The van der Waals surface area contributed by atoms with Gasteiger partial charge in [-0.15, -0.1) is 0 Å². The van der Waals surface area contributed by atoms with Gasteiger partial charge in [-0.2, -0.15) is 4.21 Å². The number of carboxylic acids is 1. The van der Waals surface area contributed by atoms with E-state index in [9.17, 15) is 4.79 Å². The van der Waals surface area contributed by atoms with Gasteiger partial charge < -0.3 is 15.9 Å². The Morgan fingerprint density at radius 2 is 2.00 bits per heavy atom. The Labute approximate surface area is 67.1 Å². The highest BCUT2D eigenvalue weighted by molar-refractivity contribution is 7.53. The van der Waals surface area contributed by atoms with Gasteiger partial charge in [0.25, 0.3) is 0 Å². The van der Waals surface area contributed by atoms with Crippen molar-refractivity contribution >= 4 is 17.4 Å². The van der Waals surface area contributed by atoms with Crippen LogP contribution in [0.5, 0.6) is 0 Å². The van der Waals surface area contributed by atoms with Crippen molar-refractivity contribution in [2.45, 2.75) is 19.1 Å². The van der Waals surface area contributed by atoms with E-state index in [2.05, 4.69) is 0 Å². The van der Waals surface area contributed by atoms with E-state index in [4.69, 9.17) is 24.9 Å². The van der Waals surface area contributed by atoms with Crippen molar-refractivity contribution in [1.82, 2.24) is 0 Å². The molecular weight excluding hydrogens is 172 g/mol. The van der Waals surface area contributed by atoms with Crippen molar-refractivity contribution in [3.05, 3.63) is 0 Å². The molecule has 0 unspecified atom stereocenters. The highest BCUT2D eigenvalue weighted by Gasteiger charge is 2.16. The van der Waals surface area contributed by atoms with Gasteiger partial charge in [-0.3, -0.25) is 4.79 Å². The molecule has 2 atom stereocenters. The lowest BCUT2D eigenvalue weighted by Crippen LogP contribution is -2.39. The number of aliphatic hydroxyl groups excluding tert-OH is 1. The smallest absolute Gasteiger partial charge is 0.323 e. The molecule has 7 heteroatoms. The van der Waals surface area contributed by atoms with E-state index in [1.807, 2.05) is 0 Å². The summed E-state index contributed by atoms with van der Waals surface area (Å²) in [7, 11) is 0. The fourth-order valence-electron chi connectivity index (χ4n) is 0.206. The van der Waals surface area contributed by atoms with E-state index in [0.29, 0.717) is 0 Å². The first kappa shape index (κ1) is 12.8. The second-order valence-electron chi connectivity index (χ2n) is 1.69. The summed E-state index contributed by atoms with van der Waals surface area (Å²) in [5.74, 6) is -1.18. The zero-order valence-corrected chi connectivity index (χ0v) is 6.67. The summed E-state index contributed by atoms with van der Waals surface area (Å²) in [6, 6.07) is -1.16. The quantitative estimate of drug-likeness (QED) is 0.424. The van der Waals surface area contributed by atoms with Crippen molar-refractivity contribution in [2.75, 3.05) is 0 Å². The first-order chi connectivity index (χ1) is 4.97. The number of aliphatic hydroxyl groups is 1. The van der Waals surface area contributed by atoms with Gasteiger partial charge in [0.05, 0.1) is 6.10 Å². The maximum atomic E-state index is 9.86. The lowest BCUT2D eigenvalue weighted by molar-refractivity contribution is -0.140. The van der Waals surface area contributed by atoms with Crippen LogP contribution >= 0.6 is 0 Å². The van der Waals surface area contributed by atoms with E-state index in [1.165, 1.54) is 6.92 Å². The summed E-state index contributed by atoms with van der Waals surface area (Å²) in [6.07, 6.45) is -0.979. The zero-order valence-electron chi connectivity index (χ0n) is 5.85. The molecule has 0 radical (unpaired) electrons. The van der Waals surface area contributed by atoms with Crippen LogP contribution in [0.2, 0.25) is 0 Å². The van der Waals surface area contributed by atoms with Crippen LogP contribution in [0.3, 0.4) is 0 Å². The van der Waals surface area contributed by atoms with Crippen molar-refractivity contribution in [3.8, 4) is 0 Å². The Morgan fingerprint density at radius 3 is 2.00 bits per heavy atom. The summed E-state index contributed by atoms with van der Waals surface area (Å²) >= 11 is -0.250. The number of nitrogens with two attached hydrogens (primary N) is 1. The Bertz CT molecular complexity index is 154. The number of carbonyl (C=O) groups is 1. The molecule has 66 valence electrons. The minimum absolute atomic E-state index is 0.250. The molecule has 0 amide bonds. The average Bonchev–Trinajstić information content (AvgIpc) is 1.87. The summed E-state index contributed by atoms with van der Waals surface area (Å²) < 4.78 is 14.1. The van der Waals surface area contributed by atoms with Gasteiger partial charge in [-0.1, -0.05) is 0 Å². The minimum Gasteiger partial charge on any atom is -0.480 e. The van der Waals surface area contributed by atoms with E-state index in [0.717, 1.165) is 0 Å². The van der Waals surface area contributed by atoms with Crippen LogP contribution in [-0.4, -0.2) is 32.5 Å². The van der Waals surface area contributed by atoms with E-state index in [1.54, 1.807) is 0 Å². The molecule has 0 bridgehead atoms. The Morgan fingerprint density at radius 1 is 1.73 bits per heavy atom. The van der Waals surface area contributed by atoms with Crippen molar-refractivity contribution in [3.63, 3.8) is 0 Å². The van der Waals surface area contributed by atoms with Crippen LogP contribution < -0.4 is 5.73 Å². The highest BCUT2D eigenvalue weighted by atomic mass is 32.1. The third kappa shape index (κ3) is 9.21. The van der Waals surface area contributed by atoms with Crippen LogP contribution in [0, 0.1) is 4.78 Å². The molecular formula is C4H10N2O4S. The normalized spacial score (nSPS) is 13.7. The second-order valence-corrected chi connectivity index (χ2v) is 1.85. The fourth-order valence-corrected chi connectivity index (χ4v) is 0.206. The molecule has 0 saturated heterocycles. The van der Waals surface area contributed by atoms with Gasteiger partial charge in [0.15, 0.2) is 11.5 Å². The lowest BCUT2D eigenvalue weighted by Gasteiger charge is -2.06. The third-order valence-corrected chi connectivity index (χ3v) is 0.805. The number of aliphatic carboxylic acids is 1. The van der Waals surface area contributed by atoms with Crippen molar-refractivity contribution in [2.24, 2.45) is 5.73 Å². The molecule has 5 N–H and O–H groups in total. The molecule has 0 aliphatic rings. The average molecular weight is 182 g/mol. The Kier molecular flexibility index (Phi) is 8.55. The molecule has 0 spiro atoms. The van der Waals surface area contributed by atoms with Crippen LogP contribution in [0.15, 0.2) is 0 Å². The maximum absolute atomic E-state index is 9.86. The van der Waals surface area contributed by atoms with Gasteiger partial charge in [0.2, 0.25) is 0 Å². The molecule has 0 fully saturated rings. The number of hydrogen-bond acceptors (Lipinski definition) is 5. The lowest BCUT2D eigenvalue weighted by atomic mass is 10.2. The maximum Gasteiger partial charge on any atom is 0.323 e.